The molecule has 0 aliphatic heterocycles. The maximum Gasteiger partial charge on any atom is 0.0868 e. The lowest BCUT2D eigenvalue weighted by molar-refractivity contribution is -0.0724. The molecule has 0 aromatic carbocycles. The van der Waals surface area contributed by atoms with Gasteiger partial charge in [0.05, 0.1) is 11.6 Å². The number of hydrogen-bond donors (Lipinski definition) is 1. The minimum Gasteiger partial charge on any atom is -0.373 e. The van der Waals surface area contributed by atoms with E-state index in [2.05, 4.69) is 6.58 Å². The highest BCUT2D eigenvalue weighted by atomic mass is 16.5. The Morgan fingerprint density at radius 2 is 2.08 bits per heavy atom. The zero-order valence-corrected chi connectivity index (χ0v) is 8.59. The molecule has 0 aromatic rings. The number of rotatable bonds is 4. The van der Waals surface area contributed by atoms with Crippen molar-refractivity contribution in [3.05, 3.63) is 12.7 Å². The standard InChI is InChI=1S/C11H21NO/c1-3-10(12)11(13-4-2)8-6-5-7-9-11/h3,10H,1,4-9,12H2,2H3. The molecule has 0 aromatic heterocycles. The van der Waals surface area contributed by atoms with E-state index in [1.54, 1.807) is 0 Å². The van der Waals surface area contributed by atoms with Gasteiger partial charge in [0.25, 0.3) is 0 Å². The van der Waals surface area contributed by atoms with Crippen molar-refractivity contribution in [1.82, 2.24) is 0 Å². The van der Waals surface area contributed by atoms with Gasteiger partial charge < -0.3 is 10.5 Å². The molecule has 1 aliphatic rings. The fourth-order valence-electron chi connectivity index (χ4n) is 2.23. The van der Waals surface area contributed by atoms with Crippen molar-refractivity contribution in [2.75, 3.05) is 6.61 Å². The Kier molecular flexibility index (Phi) is 3.94. The van der Waals surface area contributed by atoms with Crippen LogP contribution < -0.4 is 5.73 Å². The van der Waals surface area contributed by atoms with Crippen molar-refractivity contribution in [1.29, 1.82) is 0 Å². The van der Waals surface area contributed by atoms with Gasteiger partial charge in [-0.05, 0) is 19.8 Å². The molecular formula is C11H21NO. The van der Waals surface area contributed by atoms with Gasteiger partial charge in [0.2, 0.25) is 0 Å². The fourth-order valence-corrected chi connectivity index (χ4v) is 2.23. The van der Waals surface area contributed by atoms with Crippen molar-refractivity contribution in [3.8, 4) is 0 Å². The van der Waals surface area contributed by atoms with Crippen LogP contribution in [0.15, 0.2) is 12.7 Å². The van der Waals surface area contributed by atoms with E-state index in [-0.39, 0.29) is 11.6 Å². The number of nitrogens with two attached hydrogens (primary N) is 1. The summed E-state index contributed by atoms with van der Waals surface area (Å²) in [5.74, 6) is 0. The Balaban J connectivity index is 2.65. The quantitative estimate of drug-likeness (QED) is 0.678. The fraction of sp³-hybridized carbons (Fsp3) is 0.818. The first-order valence-electron chi connectivity index (χ1n) is 5.27. The number of ether oxygens (including phenoxy) is 1. The summed E-state index contributed by atoms with van der Waals surface area (Å²) in [4.78, 5) is 0. The molecule has 0 bridgehead atoms. The maximum atomic E-state index is 6.03. The van der Waals surface area contributed by atoms with Gasteiger partial charge in [-0.2, -0.15) is 0 Å². The average Bonchev–Trinajstić information content (AvgIpc) is 2.18. The monoisotopic (exact) mass is 183 g/mol. The van der Waals surface area contributed by atoms with Crippen LogP contribution in [0, 0.1) is 0 Å². The zero-order chi connectivity index (χ0) is 9.73. The molecule has 1 aliphatic carbocycles. The summed E-state index contributed by atoms with van der Waals surface area (Å²) in [6, 6.07) is -0.00671. The Hall–Kier alpha value is -0.340. The summed E-state index contributed by atoms with van der Waals surface area (Å²) in [6.07, 6.45) is 7.80. The van der Waals surface area contributed by atoms with Crippen molar-refractivity contribution in [2.45, 2.75) is 50.7 Å². The summed E-state index contributed by atoms with van der Waals surface area (Å²) in [6.45, 7) is 6.54. The highest BCUT2D eigenvalue weighted by Crippen LogP contribution is 2.34. The molecule has 76 valence electrons. The van der Waals surface area contributed by atoms with Crippen LogP contribution in [0.3, 0.4) is 0 Å². The maximum absolute atomic E-state index is 6.03. The summed E-state index contributed by atoms with van der Waals surface area (Å²) < 4.78 is 5.83. The molecule has 0 heterocycles. The third-order valence-electron chi connectivity index (χ3n) is 2.99. The van der Waals surface area contributed by atoms with Crippen molar-refractivity contribution in [2.24, 2.45) is 5.73 Å². The van der Waals surface area contributed by atoms with E-state index >= 15 is 0 Å². The van der Waals surface area contributed by atoms with Crippen LogP contribution in [0.1, 0.15) is 39.0 Å². The van der Waals surface area contributed by atoms with Gasteiger partial charge in [0, 0.05) is 6.61 Å². The lowest BCUT2D eigenvalue weighted by Gasteiger charge is -2.40. The van der Waals surface area contributed by atoms with Crippen LogP contribution >= 0.6 is 0 Å². The van der Waals surface area contributed by atoms with Gasteiger partial charge in [0.15, 0.2) is 0 Å². The van der Waals surface area contributed by atoms with Gasteiger partial charge in [0.1, 0.15) is 0 Å². The predicted molar refractivity (Wildman–Crippen MR) is 55.6 cm³/mol. The van der Waals surface area contributed by atoms with Gasteiger partial charge in [-0.3, -0.25) is 0 Å². The first-order chi connectivity index (χ1) is 6.25. The molecule has 13 heavy (non-hydrogen) atoms. The Bertz CT molecular complexity index is 156. The SMILES string of the molecule is C=CC(N)C1(OCC)CCCCC1. The summed E-state index contributed by atoms with van der Waals surface area (Å²) in [5, 5.41) is 0. The zero-order valence-electron chi connectivity index (χ0n) is 8.59. The smallest absolute Gasteiger partial charge is 0.0868 e. The molecule has 2 nitrogen and oxygen atoms in total. The first-order valence-corrected chi connectivity index (χ1v) is 5.27. The van der Waals surface area contributed by atoms with E-state index in [1.165, 1.54) is 19.3 Å². The van der Waals surface area contributed by atoms with Crippen LogP contribution in [0.5, 0.6) is 0 Å². The van der Waals surface area contributed by atoms with Gasteiger partial charge >= 0.3 is 0 Å². The molecule has 0 radical (unpaired) electrons. The lowest BCUT2D eigenvalue weighted by atomic mass is 9.79. The molecule has 1 rings (SSSR count). The second kappa shape index (κ2) is 4.77. The van der Waals surface area contributed by atoms with Gasteiger partial charge in [-0.15, -0.1) is 6.58 Å². The van der Waals surface area contributed by atoms with Crippen LogP contribution in [0.4, 0.5) is 0 Å². The topological polar surface area (TPSA) is 35.2 Å². The minimum absolute atomic E-state index is 0.00671. The number of hydrogen-bond acceptors (Lipinski definition) is 2. The molecular weight excluding hydrogens is 162 g/mol. The second-order valence-electron chi connectivity index (χ2n) is 3.82. The van der Waals surface area contributed by atoms with E-state index in [1.807, 2.05) is 13.0 Å². The molecule has 0 amide bonds. The van der Waals surface area contributed by atoms with E-state index in [4.69, 9.17) is 10.5 Å². The van der Waals surface area contributed by atoms with E-state index < -0.39 is 0 Å². The normalized spacial score (nSPS) is 23.8. The van der Waals surface area contributed by atoms with Crippen LogP contribution in [0.2, 0.25) is 0 Å². The van der Waals surface area contributed by atoms with Gasteiger partial charge in [-0.1, -0.05) is 25.3 Å². The average molecular weight is 183 g/mol. The highest BCUT2D eigenvalue weighted by Gasteiger charge is 2.36. The molecule has 1 fully saturated rings. The van der Waals surface area contributed by atoms with Gasteiger partial charge in [-0.25, -0.2) is 0 Å². The van der Waals surface area contributed by atoms with Crippen molar-refractivity contribution < 1.29 is 4.74 Å². The van der Waals surface area contributed by atoms with Crippen molar-refractivity contribution in [3.63, 3.8) is 0 Å². The predicted octanol–water partition coefficient (Wildman–Crippen LogP) is 2.24. The summed E-state index contributed by atoms with van der Waals surface area (Å²) in [7, 11) is 0. The summed E-state index contributed by atoms with van der Waals surface area (Å²) >= 11 is 0. The lowest BCUT2D eigenvalue weighted by Crippen LogP contribution is -2.50. The van der Waals surface area contributed by atoms with Crippen molar-refractivity contribution >= 4 is 0 Å². The Morgan fingerprint density at radius 1 is 1.46 bits per heavy atom. The molecule has 1 saturated carbocycles. The molecule has 1 unspecified atom stereocenters. The van der Waals surface area contributed by atoms with E-state index in [9.17, 15) is 0 Å². The Morgan fingerprint density at radius 3 is 2.54 bits per heavy atom. The molecule has 2 heteroatoms. The van der Waals surface area contributed by atoms with E-state index in [0.29, 0.717) is 0 Å². The molecule has 0 saturated heterocycles. The third-order valence-corrected chi connectivity index (χ3v) is 2.99. The largest absolute Gasteiger partial charge is 0.373 e. The van der Waals surface area contributed by atoms with Crippen LogP contribution in [-0.2, 0) is 4.74 Å². The third kappa shape index (κ3) is 2.32. The first kappa shape index (κ1) is 10.7. The molecule has 1 atom stereocenters. The molecule has 0 spiro atoms. The molecule has 2 N–H and O–H groups in total. The minimum atomic E-state index is -0.102. The van der Waals surface area contributed by atoms with Crippen LogP contribution in [0.25, 0.3) is 0 Å². The van der Waals surface area contributed by atoms with Crippen LogP contribution in [-0.4, -0.2) is 18.2 Å². The Labute approximate surface area is 81.1 Å². The van der Waals surface area contributed by atoms with E-state index in [0.717, 1.165) is 19.4 Å². The second-order valence-corrected chi connectivity index (χ2v) is 3.82. The summed E-state index contributed by atoms with van der Waals surface area (Å²) in [5.41, 5.74) is 5.92. The highest BCUT2D eigenvalue weighted by molar-refractivity contribution is 5.02.